The smallest absolute Gasteiger partial charge is 0.243 e. The number of ether oxygens (including phenoxy) is 1. The Hall–Kier alpha value is -2.16. The van der Waals surface area contributed by atoms with Gasteiger partial charge in [-0.15, -0.1) is 0 Å². The molecule has 2 heterocycles. The molecule has 178 valence electrons. The Bertz CT molecular complexity index is 712. The van der Waals surface area contributed by atoms with Gasteiger partial charge in [0, 0.05) is 65.4 Å². The predicted octanol–water partition coefficient (Wildman–Crippen LogP) is 1.17. The van der Waals surface area contributed by atoms with Crippen LogP contribution in [0.1, 0.15) is 31.4 Å². The summed E-state index contributed by atoms with van der Waals surface area (Å²) in [6.45, 7) is 9.83. The zero-order valence-corrected chi connectivity index (χ0v) is 19.9. The second-order valence-corrected chi connectivity index (χ2v) is 8.88. The summed E-state index contributed by atoms with van der Waals surface area (Å²) in [6, 6.07) is 11.5. The molecule has 0 aromatic heterocycles. The van der Waals surface area contributed by atoms with Gasteiger partial charge in [0.25, 0.3) is 0 Å². The first-order valence-electron chi connectivity index (χ1n) is 11.9. The Balaban J connectivity index is 1.49. The van der Waals surface area contributed by atoms with Gasteiger partial charge in [-0.05, 0) is 25.3 Å². The Morgan fingerprint density at radius 2 is 1.84 bits per heavy atom. The van der Waals surface area contributed by atoms with Gasteiger partial charge >= 0.3 is 0 Å². The first-order valence-corrected chi connectivity index (χ1v) is 11.9. The number of carbonyl (C=O) groups is 1. The van der Waals surface area contributed by atoms with Crippen LogP contribution in [0.3, 0.4) is 0 Å². The fourth-order valence-corrected chi connectivity index (χ4v) is 4.16. The van der Waals surface area contributed by atoms with Crippen molar-refractivity contribution >= 4 is 11.9 Å². The molecule has 0 spiro atoms. The van der Waals surface area contributed by atoms with E-state index in [1.54, 1.807) is 19.0 Å². The van der Waals surface area contributed by atoms with E-state index >= 15 is 0 Å². The number of likely N-dealkylation sites (tertiary alicyclic amines) is 1. The van der Waals surface area contributed by atoms with Crippen molar-refractivity contribution in [2.24, 2.45) is 4.99 Å². The van der Waals surface area contributed by atoms with Crippen LogP contribution in [0.15, 0.2) is 35.3 Å². The number of benzene rings is 1. The molecule has 1 aromatic rings. The number of aliphatic imine (C=N–C) groups is 1. The normalized spacial score (nSPS) is 20.0. The number of carbonyl (C=O) groups excluding carboxylic acids is 1. The lowest BCUT2D eigenvalue weighted by Crippen LogP contribution is -2.50. The van der Waals surface area contributed by atoms with Crippen LogP contribution < -0.4 is 10.6 Å². The average Bonchev–Trinajstić information content (AvgIpc) is 2.83. The second-order valence-electron chi connectivity index (χ2n) is 8.88. The number of piperidine rings is 1. The monoisotopic (exact) mass is 444 g/mol. The highest BCUT2D eigenvalue weighted by atomic mass is 16.5. The second kappa shape index (κ2) is 12.8. The van der Waals surface area contributed by atoms with Gasteiger partial charge in [0.1, 0.15) is 6.54 Å². The molecule has 1 unspecified atom stereocenters. The molecule has 1 atom stereocenters. The van der Waals surface area contributed by atoms with Crippen LogP contribution in [0.25, 0.3) is 0 Å². The fourth-order valence-electron chi connectivity index (χ4n) is 4.16. The summed E-state index contributed by atoms with van der Waals surface area (Å²) < 4.78 is 5.42. The van der Waals surface area contributed by atoms with E-state index in [1.807, 2.05) is 0 Å². The number of nitrogens with one attached hydrogen (secondary N) is 2. The summed E-state index contributed by atoms with van der Waals surface area (Å²) in [5, 5.41) is 7.03. The molecule has 2 fully saturated rings. The predicted molar refractivity (Wildman–Crippen MR) is 129 cm³/mol. The highest BCUT2D eigenvalue weighted by Gasteiger charge is 2.24. The number of hydrogen-bond donors (Lipinski definition) is 2. The molecule has 0 saturated carbocycles. The molecule has 2 aliphatic rings. The highest BCUT2D eigenvalue weighted by molar-refractivity contribution is 5.84. The molecule has 0 aliphatic carbocycles. The van der Waals surface area contributed by atoms with E-state index in [0.717, 1.165) is 71.3 Å². The maximum Gasteiger partial charge on any atom is 0.243 e. The minimum absolute atomic E-state index is 0.00536. The van der Waals surface area contributed by atoms with Crippen molar-refractivity contribution in [2.75, 3.05) is 73.1 Å². The summed E-state index contributed by atoms with van der Waals surface area (Å²) in [7, 11) is 3.53. The van der Waals surface area contributed by atoms with E-state index in [2.05, 4.69) is 62.7 Å². The van der Waals surface area contributed by atoms with Crippen LogP contribution in [-0.4, -0.2) is 106 Å². The number of morpholine rings is 1. The van der Waals surface area contributed by atoms with E-state index < -0.39 is 0 Å². The standard InChI is InChI=1S/C24H40N6O2/c1-20(21-7-5-4-6-8-21)30-12-9-22(10-13-30)27-24(26-19-23(31)28(2)3)25-11-14-29-15-17-32-18-16-29/h4-8,20,22H,9-19H2,1-3H3,(H2,25,26,27). The third kappa shape index (κ3) is 7.76. The quantitative estimate of drug-likeness (QED) is 0.463. The van der Waals surface area contributed by atoms with Crippen molar-refractivity contribution in [3.8, 4) is 0 Å². The maximum absolute atomic E-state index is 12.0. The van der Waals surface area contributed by atoms with Crippen LogP contribution in [0.2, 0.25) is 0 Å². The van der Waals surface area contributed by atoms with Crippen LogP contribution >= 0.6 is 0 Å². The number of guanidine groups is 1. The highest BCUT2D eigenvalue weighted by Crippen LogP contribution is 2.23. The lowest BCUT2D eigenvalue weighted by atomic mass is 10.0. The lowest BCUT2D eigenvalue weighted by Gasteiger charge is -2.37. The molecule has 8 heteroatoms. The number of rotatable bonds is 8. The van der Waals surface area contributed by atoms with Crippen LogP contribution in [0.5, 0.6) is 0 Å². The van der Waals surface area contributed by atoms with E-state index in [4.69, 9.17) is 4.74 Å². The van der Waals surface area contributed by atoms with E-state index in [0.29, 0.717) is 12.1 Å². The van der Waals surface area contributed by atoms with Crippen molar-refractivity contribution < 1.29 is 9.53 Å². The molecule has 0 radical (unpaired) electrons. The van der Waals surface area contributed by atoms with Gasteiger partial charge in [-0.2, -0.15) is 0 Å². The molecule has 1 amide bonds. The third-order valence-corrected chi connectivity index (χ3v) is 6.40. The average molecular weight is 445 g/mol. The first-order chi connectivity index (χ1) is 15.5. The summed E-state index contributed by atoms with van der Waals surface area (Å²) >= 11 is 0. The van der Waals surface area contributed by atoms with Crippen molar-refractivity contribution in [3.63, 3.8) is 0 Å². The Labute approximate surface area is 193 Å². The van der Waals surface area contributed by atoms with Crippen molar-refractivity contribution in [2.45, 2.75) is 31.8 Å². The number of likely N-dealkylation sites (N-methyl/N-ethyl adjacent to an activating group) is 1. The van der Waals surface area contributed by atoms with Gasteiger partial charge < -0.3 is 20.3 Å². The summed E-state index contributed by atoms with van der Waals surface area (Å²) in [6.07, 6.45) is 2.12. The molecule has 2 saturated heterocycles. The summed E-state index contributed by atoms with van der Waals surface area (Å²) in [5.74, 6) is 0.744. The number of nitrogens with zero attached hydrogens (tertiary/aromatic N) is 4. The fraction of sp³-hybridized carbons (Fsp3) is 0.667. The van der Waals surface area contributed by atoms with E-state index in [1.165, 1.54) is 5.56 Å². The number of amides is 1. The van der Waals surface area contributed by atoms with Crippen molar-refractivity contribution in [1.82, 2.24) is 25.3 Å². The van der Waals surface area contributed by atoms with Gasteiger partial charge in [0.15, 0.2) is 5.96 Å². The van der Waals surface area contributed by atoms with Crippen LogP contribution in [0, 0.1) is 0 Å². The molecule has 2 aliphatic heterocycles. The summed E-state index contributed by atoms with van der Waals surface area (Å²) in [4.78, 5) is 23.1. The molecular formula is C24H40N6O2. The van der Waals surface area contributed by atoms with Gasteiger partial charge in [-0.3, -0.25) is 14.6 Å². The SMILES string of the molecule is CC(c1ccccc1)N1CCC(NC(=NCC(=O)N(C)C)NCCN2CCOCC2)CC1. The van der Waals surface area contributed by atoms with E-state index in [-0.39, 0.29) is 12.5 Å². The molecule has 8 nitrogen and oxygen atoms in total. The zero-order chi connectivity index (χ0) is 22.8. The van der Waals surface area contributed by atoms with E-state index in [9.17, 15) is 4.79 Å². The number of hydrogen-bond acceptors (Lipinski definition) is 5. The molecule has 0 bridgehead atoms. The topological polar surface area (TPSA) is 72.4 Å². The molecule has 3 rings (SSSR count). The minimum Gasteiger partial charge on any atom is -0.379 e. The summed E-state index contributed by atoms with van der Waals surface area (Å²) in [5.41, 5.74) is 1.37. The molecule has 2 N–H and O–H groups in total. The Kier molecular flexibility index (Phi) is 9.77. The molecule has 1 aromatic carbocycles. The zero-order valence-electron chi connectivity index (χ0n) is 19.9. The first kappa shape index (κ1) is 24.5. The van der Waals surface area contributed by atoms with Crippen molar-refractivity contribution in [1.29, 1.82) is 0 Å². The minimum atomic E-state index is 0.00536. The lowest BCUT2D eigenvalue weighted by molar-refractivity contribution is -0.127. The van der Waals surface area contributed by atoms with Gasteiger partial charge in [0.2, 0.25) is 5.91 Å². The molecular weight excluding hydrogens is 404 g/mol. The van der Waals surface area contributed by atoms with Crippen LogP contribution in [0.4, 0.5) is 0 Å². The maximum atomic E-state index is 12.0. The third-order valence-electron chi connectivity index (χ3n) is 6.40. The Morgan fingerprint density at radius 3 is 2.50 bits per heavy atom. The largest absolute Gasteiger partial charge is 0.379 e. The van der Waals surface area contributed by atoms with Crippen LogP contribution in [-0.2, 0) is 9.53 Å². The van der Waals surface area contributed by atoms with Gasteiger partial charge in [-0.1, -0.05) is 30.3 Å². The van der Waals surface area contributed by atoms with Gasteiger partial charge in [-0.25, -0.2) is 4.99 Å². The van der Waals surface area contributed by atoms with Gasteiger partial charge in [0.05, 0.1) is 13.2 Å². The Morgan fingerprint density at radius 1 is 1.16 bits per heavy atom. The van der Waals surface area contributed by atoms with Crippen molar-refractivity contribution in [3.05, 3.63) is 35.9 Å². The molecule has 32 heavy (non-hydrogen) atoms.